The molecule has 5 heteroatoms. The lowest BCUT2D eigenvalue weighted by molar-refractivity contribution is 0.0112. The van der Waals surface area contributed by atoms with Gasteiger partial charge < -0.3 is 15.2 Å². The van der Waals surface area contributed by atoms with Crippen molar-refractivity contribution in [2.24, 2.45) is 0 Å². The summed E-state index contributed by atoms with van der Waals surface area (Å²) < 4.78 is 18.5. The summed E-state index contributed by atoms with van der Waals surface area (Å²) in [5, 5.41) is 21.3. The third-order valence-corrected chi connectivity index (χ3v) is 2.28. The van der Waals surface area contributed by atoms with Crippen molar-refractivity contribution in [2.75, 3.05) is 18.5 Å². The number of ether oxygens (including phenoxy) is 1. The van der Waals surface area contributed by atoms with Crippen LogP contribution in [-0.2, 0) is 4.74 Å². The van der Waals surface area contributed by atoms with Crippen LogP contribution in [0.2, 0.25) is 0 Å². The fourth-order valence-electron chi connectivity index (χ4n) is 1.38. The van der Waals surface area contributed by atoms with E-state index in [1.807, 2.05) is 13.8 Å². The first kappa shape index (κ1) is 14.4. The summed E-state index contributed by atoms with van der Waals surface area (Å²) in [5.41, 5.74) is 0.329. The summed E-state index contributed by atoms with van der Waals surface area (Å²) in [6.45, 7) is 4.15. The fourth-order valence-corrected chi connectivity index (χ4v) is 1.38. The molecule has 0 radical (unpaired) electrons. The van der Waals surface area contributed by atoms with E-state index in [0.29, 0.717) is 5.69 Å². The van der Waals surface area contributed by atoms with Crippen LogP contribution in [-0.4, -0.2) is 30.5 Å². The zero-order chi connectivity index (χ0) is 13.5. The van der Waals surface area contributed by atoms with Gasteiger partial charge in [0.2, 0.25) is 0 Å². The van der Waals surface area contributed by atoms with E-state index in [4.69, 9.17) is 10.00 Å². The molecule has 1 unspecified atom stereocenters. The van der Waals surface area contributed by atoms with E-state index in [0.717, 1.165) is 0 Å². The predicted molar refractivity (Wildman–Crippen MR) is 66.7 cm³/mol. The normalized spacial score (nSPS) is 12.2. The van der Waals surface area contributed by atoms with Gasteiger partial charge in [0, 0.05) is 6.54 Å². The fraction of sp³-hybridized carbons (Fsp3) is 0.462. The molecule has 1 rings (SSSR count). The maximum Gasteiger partial charge on any atom is 0.143 e. The van der Waals surface area contributed by atoms with E-state index in [2.05, 4.69) is 5.32 Å². The second-order valence-corrected chi connectivity index (χ2v) is 4.19. The van der Waals surface area contributed by atoms with Crippen molar-refractivity contribution in [1.82, 2.24) is 0 Å². The first-order chi connectivity index (χ1) is 8.54. The lowest BCUT2D eigenvalue weighted by atomic mass is 10.2. The number of benzene rings is 1. The SMILES string of the molecule is CC(C)OCC(O)CNc1cccc(F)c1C#N. The molecule has 0 spiro atoms. The number of rotatable bonds is 6. The Morgan fingerprint density at radius 2 is 2.22 bits per heavy atom. The third-order valence-electron chi connectivity index (χ3n) is 2.28. The van der Waals surface area contributed by atoms with Crippen molar-refractivity contribution in [3.63, 3.8) is 0 Å². The van der Waals surface area contributed by atoms with Crippen molar-refractivity contribution in [3.8, 4) is 6.07 Å². The second-order valence-electron chi connectivity index (χ2n) is 4.19. The number of aliphatic hydroxyl groups is 1. The molecule has 1 aromatic carbocycles. The van der Waals surface area contributed by atoms with Crippen molar-refractivity contribution >= 4 is 5.69 Å². The van der Waals surface area contributed by atoms with Crippen LogP contribution in [0.1, 0.15) is 19.4 Å². The van der Waals surface area contributed by atoms with Crippen LogP contribution in [0.25, 0.3) is 0 Å². The molecule has 98 valence electrons. The average Bonchev–Trinajstić information content (AvgIpc) is 2.33. The molecule has 1 atom stereocenters. The standard InChI is InChI=1S/C13H17FN2O2/c1-9(2)18-8-10(17)7-16-13-5-3-4-12(14)11(13)6-15/h3-5,9-10,16-17H,7-8H2,1-2H3. The molecule has 0 aliphatic rings. The molecule has 1 aromatic rings. The van der Waals surface area contributed by atoms with Gasteiger partial charge in [-0.1, -0.05) is 6.07 Å². The number of nitriles is 1. The van der Waals surface area contributed by atoms with E-state index < -0.39 is 11.9 Å². The summed E-state index contributed by atoms with van der Waals surface area (Å²) in [4.78, 5) is 0. The first-order valence-corrected chi connectivity index (χ1v) is 5.76. The van der Waals surface area contributed by atoms with Gasteiger partial charge in [0.15, 0.2) is 0 Å². The van der Waals surface area contributed by atoms with Gasteiger partial charge in [-0.2, -0.15) is 5.26 Å². The highest BCUT2D eigenvalue weighted by Gasteiger charge is 2.10. The Bertz CT molecular complexity index is 429. The molecule has 0 aromatic heterocycles. The van der Waals surface area contributed by atoms with Crippen LogP contribution in [0.15, 0.2) is 18.2 Å². The molecular weight excluding hydrogens is 235 g/mol. The topological polar surface area (TPSA) is 65.3 Å². The predicted octanol–water partition coefficient (Wildman–Crippen LogP) is 1.90. The van der Waals surface area contributed by atoms with E-state index >= 15 is 0 Å². The molecule has 0 aliphatic carbocycles. The van der Waals surface area contributed by atoms with Crippen molar-refractivity contribution in [2.45, 2.75) is 26.1 Å². The minimum Gasteiger partial charge on any atom is -0.389 e. The third kappa shape index (κ3) is 4.32. The molecule has 0 fully saturated rings. The molecule has 2 N–H and O–H groups in total. The summed E-state index contributed by atoms with van der Waals surface area (Å²) >= 11 is 0. The molecule has 4 nitrogen and oxygen atoms in total. The van der Waals surface area contributed by atoms with Gasteiger partial charge in [0.05, 0.1) is 24.5 Å². The van der Waals surface area contributed by atoms with E-state index in [9.17, 15) is 9.50 Å². The quantitative estimate of drug-likeness (QED) is 0.811. The second kappa shape index (κ2) is 6.94. The van der Waals surface area contributed by atoms with Gasteiger partial charge in [-0.15, -0.1) is 0 Å². The summed E-state index contributed by atoms with van der Waals surface area (Å²) in [7, 11) is 0. The van der Waals surface area contributed by atoms with E-state index in [1.54, 1.807) is 12.1 Å². The van der Waals surface area contributed by atoms with Gasteiger partial charge >= 0.3 is 0 Å². The molecule has 0 amide bonds. The molecule has 0 heterocycles. The van der Waals surface area contributed by atoms with Gasteiger partial charge in [-0.25, -0.2) is 4.39 Å². The van der Waals surface area contributed by atoms with Crippen LogP contribution in [0.3, 0.4) is 0 Å². The van der Waals surface area contributed by atoms with Crippen molar-refractivity contribution in [1.29, 1.82) is 5.26 Å². The van der Waals surface area contributed by atoms with Gasteiger partial charge in [0.25, 0.3) is 0 Å². The lowest BCUT2D eigenvalue weighted by Crippen LogP contribution is -2.26. The van der Waals surface area contributed by atoms with E-state index in [-0.39, 0.29) is 24.8 Å². The van der Waals surface area contributed by atoms with Gasteiger partial charge in [0.1, 0.15) is 17.4 Å². The summed E-state index contributed by atoms with van der Waals surface area (Å²) in [5.74, 6) is -0.574. The molecule has 0 saturated carbocycles. The molecule has 18 heavy (non-hydrogen) atoms. The highest BCUT2D eigenvalue weighted by Crippen LogP contribution is 2.17. The highest BCUT2D eigenvalue weighted by molar-refractivity contribution is 5.57. The lowest BCUT2D eigenvalue weighted by Gasteiger charge is -2.15. The molecule has 0 saturated heterocycles. The number of hydrogen-bond donors (Lipinski definition) is 2. The zero-order valence-electron chi connectivity index (χ0n) is 10.5. The van der Waals surface area contributed by atoms with Crippen LogP contribution in [0, 0.1) is 17.1 Å². The molecule has 0 aliphatic heterocycles. The number of nitrogens with one attached hydrogen (secondary N) is 1. The maximum atomic E-state index is 13.3. The maximum absolute atomic E-state index is 13.3. The number of halogens is 1. The van der Waals surface area contributed by atoms with Crippen LogP contribution in [0.4, 0.5) is 10.1 Å². The van der Waals surface area contributed by atoms with Crippen molar-refractivity contribution < 1.29 is 14.2 Å². The smallest absolute Gasteiger partial charge is 0.143 e. The molecular formula is C13H17FN2O2. The van der Waals surface area contributed by atoms with Crippen LogP contribution < -0.4 is 5.32 Å². The Hall–Kier alpha value is -1.64. The zero-order valence-corrected chi connectivity index (χ0v) is 10.5. The van der Waals surface area contributed by atoms with Gasteiger partial charge in [-0.05, 0) is 26.0 Å². The minimum absolute atomic E-state index is 0.0449. The summed E-state index contributed by atoms with van der Waals surface area (Å²) in [6, 6.07) is 6.12. The number of aliphatic hydroxyl groups excluding tert-OH is 1. The highest BCUT2D eigenvalue weighted by atomic mass is 19.1. The first-order valence-electron chi connectivity index (χ1n) is 5.76. The Labute approximate surface area is 106 Å². The Kier molecular flexibility index (Phi) is 5.56. The van der Waals surface area contributed by atoms with Crippen molar-refractivity contribution in [3.05, 3.63) is 29.6 Å². The number of hydrogen-bond acceptors (Lipinski definition) is 4. The summed E-state index contributed by atoms with van der Waals surface area (Å²) in [6.07, 6.45) is -0.661. The number of nitrogens with zero attached hydrogens (tertiary/aromatic N) is 1. The molecule has 0 bridgehead atoms. The Morgan fingerprint density at radius 1 is 1.50 bits per heavy atom. The van der Waals surface area contributed by atoms with Gasteiger partial charge in [-0.3, -0.25) is 0 Å². The minimum atomic E-state index is -0.706. The Morgan fingerprint density at radius 3 is 2.83 bits per heavy atom. The largest absolute Gasteiger partial charge is 0.389 e. The van der Waals surface area contributed by atoms with Crippen LogP contribution >= 0.6 is 0 Å². The monoisotopic (exact) mass is 252 g/mol. The van der Waals surface area contributed by atoms with E-state index in [1.165, 1.54) is 12.1 Å². The Balaban J connectivity index is 2.54. The van der Waals surface area contributed by atoms with Crippen LogP contribution in [0.5, 0.6) is 0 Å². The number of anilines is 1. The average molecular weight is 252 g/mol.